The molecule has 2 fully saturated rings. The number of ether oxygens (including phenoxy) is 1. The zero-order valence-electron chi connectivity index (χ0n) is 12.8. The van der Waals surface area contributed by atoms with Crippen molar-refractivity contribution in [2.45, 2.75) is 52.2 Å². The molecule has 20 heavy (non-hydrogen) atoms. The van der Waals surface area contributed by atoms with Crippen LogP contribution < -0.4 is 0 Å². The Kier molecular flexibility index (Phi) is 4.08. The first-order valence-corrected chi connectivity index (χ1v) is 7.96. The zero-order chi connectivity index (χ0) is 14.0. The van der Waals surface area contributed by atoms with Gasteiger partial charge in [0.05, 0.1) is 11.8 Å². The lowest BCUT2D eigenvalue weighted by atomic mass is 9.61. The number of aryl methyl sites for hydroxylation is 1. The molecule has 0 amide bonds. The molecule has 2 heterocycles. The van der Waals surface area contributed by atoms with E-state index in [0.29, 0.717) is 11.5 Å². The molecule has 0 bridgehead atoms. The molecule has 0 N–H and O–H groups in total. The summed E-state index contributed by atoms with van der Waals surface area (Å²) in [5.74, 6) is 0. The molecular formula is C17H26N2O. The highest BCUT2D eigenvalue weighted by Gasteiger charge is 2.46. The second-order valence-corrected chi connectivity index (χ2v) is 6.53. The summed E-state index contributed by atoms with van der Waals surface area (Å²) >= 11 is 0. The minimum Gasteiger partial charge on any atom is -0.378 e. The topological polar surface area (TPSA) is 25.4 Å². The lowest BCUT2D eigenvalue weighted by Crippen LogP contribution is -2.49. The van der Waals surface area contributed by atoms with Gasteiger partial charge in [0, 0.05) is 18.8 Å². The average molecular weight is 274 g/mol. The van der Waals surface area contributed by atoms with Crippen molar-refractivity contribution < 1.29 is 4.74 Å². The van der Waals surface area contributed by atoms with E-state index in [0.717, 1.165) is 18.8 Å². The molecule has 1 saturated heterocycles. The van der Waals surface area contributed by atoms with Gasteiger partial charge < -0.3 is 4.74 Å². The number of rotatable bonds is 4. The summed E-state index contributed by atoms with van der Waals surface area (Å²) in [4.78, 5) is 7.17. The Morgan fingerprint density at radius 2 is 2.05 bits per heavy atom. The van der Waals surface area contributed by atoms with Gasteiger partial charge in [0.15, 0.2) is 0 Å². The third-order valence-electron chi connectivity index (χ3n) is 4.97. The van der Waals surface area contributed by atoms with Gasteiger partial charge in [-0.15, -0.1) is 0 Å². The van der Waals surface area contributed by atoms with Crippen molar-refractivity contribution in [3.63, 3.8) is 0 Å². The van der Waals surface area contributed by atoms with Gasteiger partial charge in [0.2, 0.25) is 0 Å². The Morgan fingerprint density at radius 1 is 1.30 bits per heavy atom. The third kappa shape index (κ3) is 3.04. The molecule has 1 aromatic rings. The standard InChI is InChI=1S/C17H26N2O/c1-3-20-16-11-17(12-16)7-9-19(10-8-17)13-15-6-4-5-14(2)18-15/h4-6,16H,3,7-13H2,1-2H3. The van der Waals surface area contributed by atoms with Crippen molar-refractivity contribution in [2.24, 2.45) is 5.41 Å². The third-order valence-corrected chi connectivity index (χ3v) is 4.97. The van der Waals surface area contributed by atoms with Gasteiger partial charge in [-0.3, -0.25) is 9.88 Å². The first kappa shape index (κ1) is 14.0. The molecule has 3 heteroatoms. The van der Waals surface area contributed by atoms with Crippen LogP contribution in [-0.4, -0.2) is 35.7 Å². The van der Waals surface area contributed by atoms with Gasteiger partial charge in [0.1, 0.15) is 0 Å². The molecule has 1 spiro atoms. The Labute approximate surface area is 122 Å². The second kappa shape index (κ2) is 5.82. The summed E-state index contributed by atoms with van der Waals surface area (Å²) in [5, 5.41) is 0. The van der Waals surface area contributed by atoms with Crippen LogP contribution in [0, 0.1) is 12.3 Å². The predicted octanol–water partition coefficient (Wildman–Crippen LogP) is 3.17. The minimum atomic E-state index is 0.546. The number of nitrogens with zero attached hydrogens (tertiary/aromatic N) is 2. The molecule has 1 saturated carbocycles. The van der Waals surface area contributed by atoms with Crippen LogP contribution in [0.5, 0.6) is 0 Å². The van der Waals surface area contributed by atoms with E-state index >= 15 is 0 Å². The number of pyridine rings is 1. The predicted molar refractivity (Wildman–Crippen MR) is 80.6 cm³/mol. The van der Waals surface area contributed by atoms with Gasteiger partial charge >= 0.3 is 0 Å². The van der Waals surface area contributed by atoms with E-state index < -0.39 is 0 Å². The van der Waals surface area contributed by atoms with E-state index in [1.165, 1.54) is 44.5 Å². The van der Waals surface area contributed by atoms with E-state index in [1.807, 2.05) is 0 Å². The van der Waals surface area contributed by atoms with Gasteiger partial charge in [-0.2, -0.15) is 0 Å². The van der Waals surface area contributed by atoms with Crippen molar-refractivity contribution in [1.29, 1.82) is 0 Å². The average Bonchev–Trinajstić information content (AvgIpc) is 2.40. The van der Waals surface area contributed by atoms with Gasteiger partial charge in [-0.25, -0.2) is 0 Å². The largest absolute Gasteiger partial charge is 0.378 e. The first-order valence-electron chi connectivity index (χ1n) is 7.96. The molecule has 0 unspecified atom stereocenters. The smallest absolute Gasteiger partial charge is 0.0585 e. The van der Waals surface area contributed by atoms with Crippen molar-refractivity contribution in [2.75, 3.05) is 19.7 Å². The Hall–Kier alpha value is -0.930. The number of likely N-dealkylation sites (tertiary alicyclic amines) is 1. The monoisotopic (exact) mass is 274 g/mol. The molecule has 1 aliphatic carbocycles. The summed E-state index contributed by atoms with van der Waals surface area (Å²) in [6.07, 6.45) is 5.80. The molecule has 0 radical (unpaired) electrons. The fourth-order valence-electron chi connectivity index (χ4n) is 3.77. The van der Waals surface area contributed by atoms with Gasteiger partial charge in [-0.1, -0.05) is 6.07 Å². The normalized spacial score (nSPS) is 22.9. The van der Waals surface area contributed by atoms with Crippen LogP contribution in [0.1, 0.15) is 44.0 Å². The zero-order valence-corrected chi connectivity index (χ0v) is 12.8. The molecule has 0 atom stereocenters. The van der Waals surface area contributed by atoms with E-state index in [9.17, 15) is 0 Å². The molecule has 3 rings (SSSR count). The fraction of sp³-hybridized carbons (Fsp3) is 0.706. The molecule has 2 aliphatic rings. The molecular weight excluding hydrogens is 248 g/mol. The summed E-state index contributed by atoms with van der Waals surface area (Å²) in [7, 11) is 0. The minimum absolute atomic E-state index is 0.546. The van der Waals surface area contributed by atoms with Crippen LogP contribution in [0.3, 0.4) is 0 Å². The highest BCUT2D eigenvalue weighted by atomic mass is 16.5. The molecule has 1 aliphatic heterocycles. The van der Waals surface area contributed by atoms with Crippen LogP contribution in [0.15, 0.2) is 18.2 Å². The van der Waals surface area contributed by atoms with Crippen LogP contribution in [0.25, 0.3) is 0 Å². The lowest BCUT2D eigenvalue weighted by molar-refractivity contribution is -0.102. The number of aromatic nitrogens is 1. The molecule has 0 aromatic carbocycles. The van der Waals surface area contributed by atoms with Crippen LogP contribution in [0.4, 0.5) is 0 Å². The maximum atomic E-state index is 5.72. The van der Waals surface area contributed by atoms with Crippen molar-refractivity contribution in [1.82, 2.24) is 9.88 Å². The summed E-state index contributed by atoms with van der Waals surface area (Å²) in [6, 6.07) is 6.32. The maximum Gasteiger partial charge on any atom is 0.0585 e. The maximum absolute atomic E-state index is 5.72. The summed E-state index contributed by atoms with van der Waals surface area (Å²) in [5.41, 5.74) is 2.94. The SMILES string of the molecule is CCOC1CC2(CCN(Cc3cccc(C)n3)CC2)C1. The van der Waals surface area contributed by atoms with E-state index in [4.69, 9.17) is 4.74 Å². The van der Waals surface area contributed by atoms with Crippen LogP contribution >= 0.6 is 0 Å². The van der Waals surface area contributed by atoms with Crippen molar-refractivity contribution in [3.05, 3.63) is 29.6 Å². The fourth-order valence-corrected chi connectivity index (χ4v) is 3.77. The second-order valence-electron chi connectivity index (χ2n) is 6.53. The number of hydrogen-bond acceptors (Lipinski definition) is 3. The van der Waals surface area contributed by atoms with Gasteiger partial charge in [0.25, 0.3) is 0 Å². The summed E-state index contributed by atoms with van der Waals surface area (Å²) < 4.78 is 5.72. The summed E-state index contributed by atoms with van der Waals surface area (Å²) in [6.45, 7) is 8.47. The van der Waals surface area contributed by atoms with E-state index in [1.54, 1.807) is 0 Å². The molecule has 3 nitrogen and oxygen atoms in total. The quantitative estimate of drug-likeness (QED) is 0.843. The number of piperidine rings is 1. The van der Waals surface area contributed by atoms with Crippen molar-refractivity contribution >= 4 is 0 Å². The number of hydrogen-bond donors (Lipinski definition) is 0. The van der Waals surface area contributed by atoms with E-state index in [-0.39, 0.29) is 0 Å². The molecule has 110 valence electrons. The van der Waals surface area contributed by atoms with Gasteiger partial charge in [-0.05, 0) is 70.2 Å². The van der Waals surface area contributed by atoms with Crippen LogP contribution in [-0.2, 0) is 11.3 Å². The van der Waals surface area contributed by atoms with Crippen molar-refractivity contribution in [3.8, 4) is 0 Å². The molecule has 1 aromatic heterocycles. The Balaban J connectivity index is 1.47. The highest BCUT2D eigenvalue weighted by molar-refractivity contribution is 5.10. The lowest BCUT2D eigenvalue weighted by Gasteiger charge is -2.51. The van der Waals surface area contributed by atoms with Crippen LogP contribution in [0.2, 0.25) is 0 Å². The van der Waals surface area contributed by atoms with E-state index in [2.05, 4.69) is 41.9 Å². The Bertz CT molecular complexity index is 444. The highest BCUT2D eigenvalue weighted by Crippen LogP contribution is 2.50. The first-order chi connectivity index (χ1) is 9.69. The Morgan fingerprint density at radius 3 is 2.70 bits per heavy atom.